The maximum atomic E-state index is 12.9. The first-order valence-electron chi connectivity index (χ1n) is 6.67. The van der Waals surface area contributed by atoms with E-state index in [2.05, 4.69) is 5.32 Å². The lowest BCUT2D eigenvalue weighted by Crippen LogP contribution is -2.52. The summed E-state index contributed by atoms with van der Waals surface area (Å²) >= 11 is 0. The van der Waals surface area contributed by atoms with E-state index in [-0.39, 0.29) is 43.8 Å². The van der Waals surface area contributed by atoms with Crippen LogP contribution in [0.2, 0.25) is 0 Å². The topological polar surface area (TPSA) is 35.6 Å². The zero-order valence-corrected chi connectivity index (χ0v) is 14.0. The number of piperazine rings is 1. The molecule has 0 bridgehead atoms. The predicted molar refractivity (Wildman–Crippen MR) is 81.6 cm³/mol. The van der Waals surface area contributed by atoms with E-state index in [1.165, 1.54) is 4.90 Å². The molecule has 0 radical (unpaired) electrons. The molecule has 134 valence electrons. The molecule has 1 saturated heterocycles. The van der Waals surface area contributed by atoms with Gasteiger partial charge in [0.15, 0.2) is 0 Å². The summed E-state index contributed by atoms with van der Waals surface area (Å²) < 4.78 is 50.0. The Morgan fingerprint density at radius 3 is 2.18 bits per heavy atom. The van der Waals surface area contributed by atoms with E-state index in [9.17, 15) is 22.4 Å². The Labute approximate surface area is 140 Å². The van der Waals surface area contributed by atoms with Crippen molar-refractivity contribution in [2.24, 2.45) is 0 Å². The second-order valence-electron chi connectivity index (χ2n) is 4.93. The lowest BCUT2D eigenvalue weighted by Gasteiger charge is -2.36. The molecule has 1 heterocycles. The van der Waals surface area contributed by atoms with E-state index in [0.29, 0.717) is 19.5 Å². The Hall–Kier alpha value is -0.310. The number of amides is 1. The zero-order valence-electron chi connectivity index (χ0n) is 12.4. The van der Waals surface area contributed by atoms with Crippen LogP contribution in [0.4, 0.5) is 17.6 Å². The fourth-order valence-electron chi connectivity index (χ4n) is 2.10. The van der Waals surface area contributed by atoms with Crippen molar-refractivity contribution in [3.63, 3.8) is 0 Å². The Morgan fingerprint density at radius 2 is 1.73 bits per heavy atom. The molecule has 1 aliphatic heterocycles. The van der Waals surface area contributed by atoms with Crippen LogP contribution in [0.5, 0.6) is 0 Å². The summed E-state index contributed by atoms with van der Waals surface area (Å²) in [4.78, 5) is 14.7. The Bertz CT molecular complexity index is 317. The van der Waals surface area contributed by atoms with E-state index in [1.54, 1.807) is 11.9 Å². The molecule has 1 N–H and O–H groups in total. The van der Waals surface area contributed by atoms with Crippen molar-refractivity contribution in [1.29, 1.82) is 0 Å². The van der Waals surface area contributed by atoms with Gasteiger partial charge in [-0.3, -0.25) is 9.69 Å². The van der Waals surface area contributed by atoms with Gasteiger partial charge in [0.25, 0.3) is 0 Å². The molecule has 0 aromatic heterocycles. The molecule has 1 aliphatic rings. The summed E-state index contributed by atoms with van der Waals surface area (Å²) in [6.07, 6.45) is -2.52. The number of nitrogens with zero attached hydrogens (tertiary/aromatic N) is 2. The van der Waals surface area contributed by atoms with Crippen molar-refractivity contribution in [3.8, 4) is 0 Å². The number of hydrogen-bond donors (Lipinski definition) is 1. The van der Waals surface area contributed by atoms with Gasteiger partial charge in [0.05, 0.1) is 6.54 Å². The molecule has 4 nitrogen and oxygen atoms in total. The minimum atomic E-state index is -3.99. The SMILES string of the molecule is CNCCCC(=O)N1CCN(CC(F)(F)C(F)F)CC1.Cl.Cl. The molecule has 0 unspecified atom stereocenters. The van der Waals surface area contributed by atoms with E-state index < -0.39 is 18.9 Å². The standard InChI is InChI=1S/C12H21F4N3O.2ClH/c1-17-4-2-3-10(20)19-7-5-18(6-8-19)9-12(15,16)11(13)14;;/h11,17H,2-9H2,1H3;2*1H. The highest BCUT2D eigenvalue weighted by Crippen LogP contribution is 2.24. The van der Waals surface area contributed by atoms with Gasteiger partial charge in [0.1, 0.15) is 0 Å². The minimum absolute atomic E-state index is 0. The summed E-state index contributed by atoms with van der Waals surface area (Å²) in [7, 11) is 1.80. The third-order valence-electron chi connectivity index (χ3n) is 3.30. The average molecular weight is 372 g/mol. The maximum Gasteiger partial charge on any atom is 0.319 e. The van der Waals surface area contributed by atoms with E-state index in [1.807, 2.05) is 0 Å². The lowest BCUT2D eigenvalue weighted by atomic mass is 10.2. The molecular formula is C12H23Cl2F4N3O. The van der Waals surface area contributed by atoms with Gasteiger partial charge in [-0.25, -0.2) is 8.78 Å². The van der Waals surface area contributed by atoms with Gasteiger partial charge in [-0.2, -0.15) is 8.78 Å². The van der Waals surface area contributed by atoms with Gasteiger partial charge in [-0.1, -0.05) is 0 Å². The number of carbonyl (C=O) groups is 1. The molecule has 0 saturated carbocycles. The maximum absolute atomic E-state index is 12.9. The number of halogens is 6. The molecular weight excluding hydrogens is 349 g/mol. The van der Waals surface area contributed by atoms with E-state index in [0.717, 1.165) is 13.0 Å². The third kappa shape index (κ3) is 7.80. The quantitative estimate of drug-likeness (QED) is 0.548. The highest BCUT2D eigenvalue weighted by molar-refractivity contribution is 5.85. The molecule has 0 aliphatic carbocycles. The molecule has 0 aromatic rings. The Morgan fingerprint density at radius 1 is 1.18 bits per heavy atom. The number of rotatable bonds is 7. The van der Waals surface area contributed by atoms with Crippen molar-refractivity contribution < 1.29 is 22.4 Å². The van der Waals surface area contributed by atoms with Crippen molar-refractivity contribution in [3.05, 3.63) is 0 Å². The van der Waals surface area contributed by atoms with Crippen LogP contribution in [-0.4, -0.2) is 74.4 Å². The monoisotopic (exact) mass is 371 g/mol. The van der Waals surface area contributed by atoms with Crippen molar-refractivity contribution in [2.75, 3.05) is 46.3 Å². The first-order valence-corrected chi connectivity index (χ1v) is 6.67. The third-order valence-corrected chi connectivity index (χ3v) is 3.30. The van der Waals surface area contributed by atoms with Crippen LogP contribution in [0, 0.1) is 0 Å². The summed E-state index contributed by atoms with van der Waals surface area (Å²) in [5.41, 5.74) is 0. The highest BCUT2D eigenvalue weighted by Gasteiger charge is 2.42. The molecule has 1 amide bonds. The van der Waals surface area contributed by atoms with Crippen LogP contribution in [-0.2, 0) is 4.79 Å². The average Bonchev–Trinajstić information content (AvgIpc) is 2.39. The molecule has 10 heteroatoms. The second kappa shape index (κ2) is 11.3. The smallest absolute Gasteiger partial charge is 0.319 e. The molecule has 0 aromatic carbocycles. The van der Waals surface area contributed by atoms with Gasteiger partial charge in [-0.05, 0) is 20.0 Å². The normalized spacial score (nSPS) is 16.2. The molecule has 0 spiro atoms. The van der Waals surface area contributed by atoms with Gasteiger partial charge < -0.3 is 10.2 Å². The Kier molecular flexibility index (Phi) is 12.3. The molecule has 0 atom stereocenters. The fraction of sp³-hybridized carbons (Fsp3) is 0.917. The number of carbonyl (C=O) groups excluding carboxylic acids is 1. The van der Waals surface area contributed by atoms with Crippen LogP contribution in [0.1, 0.15) is 12.8 Å². The molecule has 1 rings (SSSR count). The lowest BCUT2D eigenvalue weighted by molar-refractivity contribution is -0.148. The minimum Gasteiger partial charge on any atom is -0.340 e. The van der Waals surface area contributed by atoms with Gasteiger partial charge in [-0.15, -0.1) is 24.8 Å². The van der Waals surface area contributed by atoms with Gasteiger partial charge in [0, 0.05) is 32.6 Å². The first-order chi connectivity index (χ1) is 9.36. The van der Waals surface area contributed by atoms with Crippen LogP contribution >= 0.6 is 24.8 Å². The van der Waals surface area contributed by atoms with E-state index in [4.69, 9.17) is 0 Å². The van der Waals surface area contributed by atoms with Crippen LogP contribution in [0.3, 0.4) is 0 Å². The predicted octanol–water partition coefficient (Wildman–Crippen LogP) is 1.87. The van der Waals surface area contributed by atoms with Crippen molar-refractivity contribution >= 4 is 30.7 Å². The molecule has 22 heavy (non-hydrogen) atoms. The number of alkyl halides is 4. The van der Waals surface area contributed by atoms with Crippen LogP contribution in [0.15, 0.2) is 0 Å². The van der Waals surface area contributed by atoms with Crippen LogP contribution < -0.4 is 5.32 Å². The summed E-state index contributed by atoms with van der Waals surface area (Å²) in [5, 5.41) is 2.94. The van der Waals surface area contributed by atoms with Gasteiger partial charge in [0.2, 0.25) is 5.91 Å². The Balaban J connectivity index is 0. The van der Waals surface area contributed by atoms with Crippen LogP contribution in [0.25, 0.3) is 0 Å². The van der Waals surface area contributed by atoms with E-state index >= 15 is 0 Å². The summed E-state index contributed by atoms with van der Waals surface area (Å²) in [6.45, 7) is 0.842. The highest BCUT2D eigenvalue weighted by atomic mass is 35.5. The fourth-order valence-corrected chi connectivity index (χ4v) is 2.10. The van der Waals surface area contributed by atoms with Crippen molar-refractivity contribution in [1.82, 2.24) is 15.1 Å². The summed E-state index contributed by atoms with van der Waals surface area (Å²) in [5.74, 6) is -4.00. The largest absolute Gasteiger partial charge is 0.340 e. The number of nitrogens with one attached hydrogen (secondary N) is 1. The summed E-state index contributed by atoms with van der Waals surface area (Å²) in [6, 6.07) is 0. The molecule has 1 fully saturated rings. The van der Waals surface area contributed by atoms with Crippen molar-refractivity contribution in [2.45, 2.75) is 25.2 Å². The number of hydrogen-bond acceptors (Lipinski definition) is 3. The van der Waals surface area contributed by atoms with Gasteiger partial charge >= 0.3 is 12.3 Å². The zero-order chi connectivity index (χ0) is 15.2. The first kappa shape index (κ1) is 23.9. The second-order valence-corrected chi connectivity index (χ2v) is 4.93.